The molecule has 26 heavy (non-hydrogen) atoms. The van der Waals surface area contributed by atoms with Crippen LogP contribution in [0.25, 0.3) is 0 Å². The van der Waals surface area contributed by atoms with Crippen molar-refractivity contribution in [2.24, 2.45) is 0 Å². The normalized spacial score (nSPS) is 11.3. The average molecular weight is 367 g/mol. The molecule has 0 bridgehead atoms. The van der Waals surface area contributed by atoms with Crippen LogP contribution in [0.2, 0.25) is 0 Å². The van der Waals surface area contributed by atoms with Crippen molar-refractivity contribution >= 4 is 23.7 Å². The number of rotatable bonds is 9. The zero-order valence-corrected chi connectivity index (χ0v) is 14.6. The molecule has 0 aliphatic carbocycles. The van der Waals surface area contributed by atoms with E-state index in [1.807, 2.05) is 0 Å². The minimum Gasteiger partial charge on any atom is -0.479 e. The topological polar surface area (TPSA) is 125 Å². The van der Waals surface area contributed by atoms with E-state index in [2.05, 4.69) is 16.0 Å². The molecule has 0 fully saturated rings. The molecule has 1 rings (SSSR count). The molecule has 1 aromatic rings. The van der Waals surface area contributed by atoms with Gasteiger partial charge in [0.15, 0.2) is 6.04 Å². The summed E-state index contributed by atoms with van der Waals surface area (Å²) in [6.45, 7) is 3.35. The van der Waals surface area contributed by atoms with Gasteiger partial charge in [-0.3, -0.25) is 14.4 Å². The van der Waals surface area contributed by atoms with Crippen LogP contribution in [0.1, 0.15) is 36.9 Å². The first-order valence-electron chi connectivity index (χ1n) is 8.00. The number of carbonyl (C=O) groups excluding carboxylic acids is 3. The Labute approximate surface area is 150 Å². The lowest BCUT2D eigenvalue weighted by Gasteiger charge is -2.15. The predicted octanol–water partition coefficient (Wildman–Crippen LogP) is 0.409. The van der Waals surface area contributed by atoms with Gasteiger partial charge < -0.3 is 21.1 Å². The zero-order chi connectivity index (χ0) is 19.7. The van der Waals surface area contributed by atoms with Crippen LogP contribution in [-0.2, 0) is 19.2 Å². The number of aryl methyl sites for hydroxylation is 1. The third-order valence-electron chi connectivity index (χ3n) is 3.47. The summed E-state index contributed by atoms with van der Waals surface area (Å²) in [4.78, 5) is 45.6. The van der Waals surface area contributed by atoms with E-state index >= 15 is 0 Å². The van der Waals surface area contributed by atoms with E-state index < -0.39 is 29.6 Å². The summed E-state index contributed by atoms with van der Waals surface area (Å²) < 4.78 is 13.3. The number of hydrogen-bond donors (Lipinski definition) is 4. The summed E-state index contributed by atoms with van der Waals surface area (Å²) in [6.07, 6.45) is -0.323. The molecule has 3 amide bonds. The monoisotopic (exact) mass is 367 g/mol. The van der Waals surface area contributed by atoms with E-state index in [0.717, 1.165) is 6.07 Å². The maximum Gasteiger partial charge on any atom is 0.330 e. The van der Waals surface area contributed by atoms with E-state index in [0.29, 0.717) is 0 Å². The third kappa shape index (κ3) is 7.29. The zero-order valence-electron chi connectivity index (χ0n) is 14.6. The maximum atomic E-state index is 13.3. The molecule has 142 valence electrons. The maximum absolute atomic E-state index is 13.3. The van der Waals surface area contributed by atoms with Gasteiger partial charge in [-0.25, -0.2) is 9.18 Å². The van der Waals surface area contributed by atoms with Gasteiger partial charge >= 0.3 is 5.97 Å². The number of amides is 3. The minimum absolute atomic E-state index is 0.124. The molecule has 0 saturated carbocycles. The number of nitrogens with one attached hydrogen (secondary N) is 3. The molecule has 0 aliphatic heterocycles. The molecule has 1 unspecified atom stereocenters. The van der Waals surface area contributed by atoms with Crippen molar-refractivity contribution in [3.8, 4) is 0 Å². The molecule has 0 aliphatic rings. The first-order chi connectivity index (χ1) is 12.2. The molecule has 1 aromatic carbocycles. The van der Waals surface area contributed by atoms with E-state index in [1.165, 1.54) is 26.0 Å². The van der Waals surface area contributed by atoms with Gasteiger partial charge in [0.1, 0.15) is 5.82 Å². The van der Waals surface area contributed by atoms with Crippen LogP contribution >= 0.6 is 0 Å². The number of hydrogen-bond acceptors (Lipinski definition) is 4. The average Bonchev–Trinajstić information content (AvgIpc) is 2.57. The SMILES string of the molecule is CC(=O)NCCNC(=O)CCC(=O)NC(C(=O)O)c1ccc(F)c(C)c1. The highest BCUT2D eigenvalue weighted by Crippen LogP contribution is 2.17. The standard InChI is InChI=1S/C17H22FN3O5/c1-10-9-12(3-4-13(10)18)16(17(25)26)21-15(24)6-5-14(23)20-8-7-19-11(2)22/h3-4,9,16H,5-8H2,1-2H3,(H,19,22)(H,20,23)(H,21,24)(H,25,26). The lowest BCUT2D eigenvalue weighted by atomic mass is 10.0. The molecule has 0 aromatic heterocycles. The van der Waals surface area contributed by atoms with Crippen molar-refractivity contribution in [3.63, 3.8) is 0 Å². The third-order valence-corrected chi connectivity index (χ3v) is 3.47. The number of carbonyl (C=O) groups is 4. The Bertz CT molecular complexity index is 693. The largest absolute Gasteiger partial charge is 0.479 e. The van der Waals surface area contributed by atoms with Gasteiger partial charge in [-0.1, -0.05) is 12.1 Å². The summed E-state index contributed by atoms with van der Waals surface area (Å²) in [5.41, 5.74) is 0.506. The molecule has 0 saturated heterocycles. The van der Waals surface area contributed by atoms with Gasteiger partial charge in [0.25, 0.3) is 0 Å². The molecule has 0 heterocycles. The number of halogens is 1. The Hall–Kier alpha value is -2.97. The Morgan fingerprint density at radius 3 is 2.27 bits per heavy atom. The second-order valence-electron chi connectivity index (χ2n) is 5.68. The highest BCUT2D eigenvalue weighted by Gasteiger charge is 2.22. The number of carboxylic acids is 1. The van der Waals surface area contributed by atoms with E-state index in [9.17, 15) is 28.7 Å². The number of benzene rings is 1. The van der Waals surface area contributed by atoms with Crippen molar-refractivity contribution in [1.29, 1.82) is 0 Å². The fraction of sp³-hybridized carbons (Fsp3) is 0.412. The Morgan fingerprint density at radius 1 is 1.08 bits per heavy atom. The summed E-state index contributed by atoms with van der Waals surface area (Å²) >= 11 is 0. The highest BCUT2D eigenvalue weighted by atomic mass is 19.1. The smallest absolute Gasteiger partial charge is 0.330 e. The minimum atomic E-state index is -1.33. The summed E-state index contributed by atoms with van der Waals surface area (Å²) in [6, 6.07) is 2.44. The van der Waals surface area contributed by atoms with Gasteiger partial charge in [0, 0.05) is 32.9 Å². The highest BCUT2D eigenvalue weighted by molar-refractivity contribution is 5.87. The molecule has 0 radical (unpaired) electrons. The van der Waals surface area contributed by atoms with Crippen molar-refractivity contribution in [2.75, 3.05) is 13.1 Å². The fourth-order valence-corrected chi connectivity index (χ4v) is 2.12. The molecule has 8 nitrogen and oxygen atoms in total. The molecule has 9 heteroatoms. The predicted molar refractivity (Wildman–Crippen MR) is 90.6 cm³/mol. The van der Waals surface area contributed by atoms with Gasteiger partial charge in [-0.05, 0) is 24.1 Å². The quantitative estimate of drug-likeness (QED) is 0.471. The van der Waals surface area contributed by atoms with Crippen molar-refractivity contribution in [2.45, 2.75) is 32.7 Å². The Balaban J connectivity index is 2.50. The molecule has 0 spiro atoms. The molecular formula is C17H22FN3O5. The Morgan fingerprint density at radius 2 is 1.69 bits per heavy atom. The van der Waals surface area contributed by atoms with Crippen LogP contribution in [0, 0.1) is 12.7 Å². The van der Waals surface area contributed by atoms with Crippen molar-refractivity contribution in [1.82, 2.24) is 16.0 Å². The van der Waals surface area contributed by atoms with Crippen LogP contribution in [0.5, 0.6) is 0 Å². The van der Waals surface area contributed by atoms with Crippen LogP contribution in [-0.4, -0.2) is 41.9 Å². The number of aliphatic carboxylic acids is 1. The first kappa shape index (κ1) is 21.1. The van der Waals surface area contributed by atoms with Crippen molar-refractivity contribution in [3.05, 3.63) is 35.1 Å². The summed E-state index contributed by atoms with van der Waals surface area (Å²) in [5.74, 6) is -2.98. The fourth-order valence-electron chi connectivity index (χ4n) is 2.12. The summed E-state index contributed by atoms with van der Waals surface area (Å²) in [5, 5.41) is 16.6. The van der Waals surface area contributed by atoms with Gasteiger partial charge in [-0.2, -0.15) is 0 Å². The van der Waals surface area contributed by atoms with E-state index in [1.54, 1.807) is 0 Å². The van der Waals surface area contributed by atoms with Gasteiger partial charge in [0.05, 0.1) is 0 Å². The molecule has 4 N–H and O–H groups in total. The summed E-state index contributed by atoms with van der Waals surface area (Å²) in [7, 11) is 0. The van der Waals surface area contributed by atoms with E-state index in [-0.39, 0.29) is 43.0 Å². The molecule has 1 atom stereocenters. The van der Waals surface area contributed by atoms with Crippen LogP contribution in [0.3, 0.4) is 0 Å². The van der Waals surface area contributed by atoms with Gasteiger partial charge in [-0.15, -0.1) is 0 Å². The lowest BCUT2D eigenvalue weighted by Crippen LogP contribution is -2.36. The number of carboxylic acid groups (broad SMARTS) is 1. The second-order valence-corrected chi connectivity index (χ2v) is 5.68. The van der Waals surface area contributed by atoms with Crippen molar-refractivity contribution < 1.29 is 28.7 Å². The first-order valence-corrected chi connectivity index (χ1v) is 8.00. The Kier molecular flexibility index (Phi) is 8.20. The van der Waals surface area contributed by atoms with Crippen LogP contribution in [0.4, 0.5) is 4.39 Å². The van der Waals surface area contributed by atoms with Crippen LogP contribution < -0.4 is 16.0 Å². The molecular weight excluding hydrogens is 345 g/mol. The lowest BCUT2D eigenvalue weighted by molar-refractivity contribution is -0.142. The van der Waals surface area contributed by atoms with Gasteiger partial charge in [0.2, 0.25) is 17.7 Å². The van der Waals surface area contributed by atoms with Crippen LogP contribution in [0.15, 0.2) is 18.2 Å². The second kappa shape index (κ2) is 10.1. The van der Waals surface area contributed by atoms with E-state index in [4.69, 9.17) is 0 Å².